The molecule has 1 aliphatic carbocycles. The molecule has 0 unspecified atom stereocenters. The van der Waals surface area contributed by atoms with E-state index in [-0.39, 0.29) is 24.6 Å². The highest BCUT2D eigenvalue weighted by molar-refractivity contribution is 5.82. The van der Waals surface area contributed by atoms with Crippen LogP contribution in [0.3, 0.4) is 0 Å². The van der Waals surface area contributed by atoms with E-state index in [1.54, 1.807) is 12.5 Å². The van der Waals surface area contributed by atoms with E-state index in [1.165, 1.54) is 0 Å². The molecule has 146 valence electrons. The van der Waals surface area contributed by atoms with Crippen molar-refractivity contribution in [3.05, 3.63) is 23.8 Å². The largest absolute Gasteiger partial charge is 0.395 e. The van der Waals surface area contributed by atoms with Gasteiger partial charge in [0.05, 0.1) is 25.7 Å². The lowest BCUT2D eigenvalue weighted by Gasteiger charge is -2.25. The quantitative estimate of drug-likeness (QED) is 0.790. The highest BCUT2D eigenvalue weighted by Crippen LogP contribution is 2.30. The fourth-order valence-corrected chi connectivity index (χ4v) is 3.38. The molecule has 0 atom stereocenters. The molecule has 0 saturated heterocycles. The second-order valence-electron chi connectivity index (χ2n) is 8.00. The zero-order valence-corrected chi connectivity index (χ0v) is 16.5. The Morgan fingerprint density at radius 3 is 2.81 bits per heavy atom. The summed E-state index contributed by atoms with van der Waals surface area (Å²) < 4.78 is 1.84. The van der Waals surface area contributed by atoms with Gasteiger partial charge in [0.1, 0.15) is 11.5 Å². The molecule has 0 bridgehead atoms. The van der Waals surface area contributed by atoms with Crippen molar-refractivity contribution in [1.82, 2.24) is 24.8 Å². The average Bonchev–Trinajstić information content (AvgIpc) is 3.20. The lowest BCUT2D eigenvalue weighted by Crippen LogP contribution is -2.45. The summed E-state index contributed by atoms with van der Waals surface area (Å²) in [4.78, 5) is 27.9. The van der Waals surface area contributed by atoms with Gasteiger partial charge in [-0.1, -0.05) is 0 Å². The molecule has 0 aromatic carbocycles. The Morgan fingerprint density at radius 1 is 1.33 bits per heavy atom. The lowest BCUT2D eigenvalue weighted by molar-refractivity contribution is -0.121. The molecule has 2 N–H and O–H groups in total. The summed E-state index contributed by atoms with van der Waals surface area (Å²) in [6.07, 6.45) is 6.25. The number of carbonyl (C=O) groups excluding carboxylic acids is 1. The van der Waals surface area contributed by atoms with E-state index in [9.17, 15) is 9.90 Å². The number of aromatic nitrogens is 4. The highest BCUT2D eigenvalue weighted by atomic mass is 16.3. The summed E-state index contributed by atoms with van der Waals surface area (Å²) in [5.74, 6) is 1.34. The average molecular weight is 372 g/mol. The van der Waals surface area contributed by atoms with Gasteiger partial charge in [0.15, 0.2) is 5.82 Å². The van der Waals surface area contributed by atoms with Gasteiger partial charge in [0.2, 0.25) is 5.91 Å². The number of nitrogens with zero attached hydrogens (tertiary/aromatic N) is 5. The molecule has 27 heavy (non-hydrogen) atoms. The van der Waals surface area contributed by atoms with Gasteiger partial charge in [-0.25, -0.2) is 15.0 Å². The van der Waals surface area contributed by atoms with Gasteiger partial charge in [-0.3, -0.25) is 4.79 Å². The summed E-state index contributed by atoms with van der Waals surface area (Å²) >= 11 is 0. The molecular formula is C19H28N6O2. The summed E-state index contributed by atoms with van der Waals surface area (Å²) in [6.45, 7) is 6.59. The van der Waals surface area contributed by atoms with E-state index < -0.39 is 0 Å². The first kappa shape index (κ1) is 19.3. The Hall–Kier alpha value is -2.48. The molecule has 0 aliphatic heterocycles. The Kier molecular flexibility index (Phi) is 5.46. The number of nitrogens with one attached hydrogen (secondary N) is 1. The summed E-state index contributed by atoms with van der Waals surface area (Å²) in [7, 11) is 1.89. The number of imidazole rings is 1. The van der Waals surface area contributed by atoms with Crippen LogP contribution in [0.4, 0.5) is 5.82 Å². The number of aliphatic hydroxyl groups excluding tert-OH is 1. The number of hydrogen-bond donors (Lipinski definition) is 2. The van der Waals surface area contributed by atoms with Crippen LogP contribution >= 0.6 is 0 Å². The van der Waals surface area contributed by atoms with Crippen molar-refractivity contribution in [2.24, 2.45) is 0 Å². The van der Waals surface area contributed by atoms with Crippen molar-refractivity contribution >= 4 is 11.7 Å². The van der Waals surface area contributed by atoms with Gasteiger partial charge in [0.25, 0.3) is 0 Å². The summed E-state index contributed by atoms with van der Waals surface area (Å²) in [6, 6.07) is 0. The third kappa shape index (κ3) is 4.44. The van der Waals surface area contributed by atoms with Crippen LogP contribution in [0.5, 0.6) is 0 Å². The third-order valence-electron chi connectivity index (χ3n) is 4.45. The fourth-order valence-electron chi connectivity index (χ4n) is 3.38. The third-order valence-corrected chi connectivity index (χ3v) is 4.45. The molecule has 0 spiro atoms. The second-order valence-corrected chi connectivity index (χ2v) is 8.00. The molecule has 0 saturated carbocycles. The maximum absolute atomic E-state index is 12.4. The Bertz CT molecular complexity index is 824. The SMILES string of the molecule is CN(CC(=O)NC(C)(C)C)c1nc(-c2cncn2CCO)nc2c1CCC2. The number of hydrogen-bond acceptors (Lipinski definition) is 6. The minimum atomic E-state index is -0.270. The maximum Gasteiger partial charge on any atom is 0.239 e. The molecule has 2 aromatic heterocycles. The van der Waals surface area contributed by atoms with Crippen molar-refractivity contribution in [3.8, 4) is 11.5 Å². The van der Waals surface area contributed by atoms with Gasteiger partial charge in [-0.05, 0) is 40.0 Å². The lowest BCUT2D eigenvalue weighted by atomic mass is 10.1. The van der Waals surface area contributed by atoms with Crippen LogP contribution in [0, 0.1) is 0 Å². The first-order chi connectivity index (χ1) is 12.8. The van der Waals surface area contributed by atoms with Gasteiger partial charge in [0, 0.05) is 30.4 Å². The molecule has 0 fully saturated rings. The number of anilines is 1. The highest BCUT2D eigenvalue weighted by Gasteiger charge is 2.24. The van der Waals surface area contributed by atoms with Crippen LogP contribution in [0.15, 0.2) is 12.5 Å². The van der Waals surface area contributed by atoms with E-state index in [2.05, 4.69) is 10.3 Å². The molecule has 2 heterocycles. The van der Waals surface area contributed by atoms with E-state index in [4.69, 9.17) is 9.97 Å². The molecule has 0 radical (unpaired) electrons. The van der Waals surface area contributed by atoms with Crippen molar-refractivity contribution in [2.45, 2.75) is 52.1 Å². The first-order valence-electron chi connectivity index (χ1n) is 9.32. The zero-order chi connectivity index (χ0) is 19.6. The van der Waals surface area contributed by atoms with Crippen LogP contribution < -0.4 is 10.2 Å². The first-order valence-corrected chi connectivity index (χ1v) is 9.32. The number of fused-ring (bicyclic) bond motifs is 1. The Labute approximate surface area is 159 Å². The minimum absolute atomic E-state index is 0.0219. The molecule has 3 rings (SSSR count). The van der Waals surface area contributed by atoms with Crippen LogP contribution in [-0.2, 0) is 24.2 Å². The number of rotatable bonds is 6. The molecule has 8 nitrogen and oxygen atoms in total. The minimum Gasteiger partial charge on any atom is -0.395 e. The van der Waals surface area contributed by atoms with Crippen molar-refractivity contribution in [1.29, 1.82) is 0 Å². The monoisotopic (exact) mass is 372 g/mol. The molecule has 1 aliphatic rings. The maximum atomic E-state index is 12.4. The Morgan fingerprint density at radius 2 is 2.11 bits per heavy atom. The number of likely N-dealkylation sites (N-methyl/N-ethyl adjacent to an activating group) is 1. The van der Waals surface area contributed by atoms with Crippen molar-refractivity contribution in [2.75, 3.05) is 25.1 Å². The van der Waals surface area contributed by atoms with Crippen LogP contribution in [0.2, 0.25) is 0 Å². The van der Waals surface area contributed by atoms with Crippen molar-refractivity contribution < 1.29 is 9.90 Å². The van der Waals surface area contributed by atoms with Crippen LogP contribution in [0.1, 0.15) is 38.4 Å². The number of aliphatic hydroxyl groups is 1. The standard InChI is InChI=1S/C19H28N6O2/c1-19(2,3)23-16(27)11-24(4)18-13-6-5-7-14(13)21-17(22-18)15-10-20-12-25(15)8-9-26/h10,12,26H,5-9,11H2,1-4H3,(H,23,27). The summed E-state index contributed by atoms with van der Waals surface area (Å²) in [5, 5.41) is 12.2. The van der Waals surface area contributed by atoms with E-state index in [1.807, 2.05) is 37.3 Å². The normalized spacial score (nSPS) is 13.5. The number of carbonyl (C=O) groups is 1. The molecule has 8 heteroatoms. The molecular weight excluding hydrogens is 344 g/mol. The number of aryl methyl sites for hydroxylation is 1. The predicted molar refractivity (Wildman–Crippen MR) is 104 cm³/mol. The van der Waals surface area contributed by atoms with E-state index >= 15 is 0 Å². The smallest absolute Gasteiger partial charge is 0.239 e. The zero-order valence-electron chi connectivity index (χ0n) is 16.5. The second kappa shape index (κ2) is 7.64. The van der Waals surface area contributed by atoms with Crippen LogP contribution in [0.25, 0.3) is 11.5 Å². The van der Waals surface area contributed by atoms with E-state index in [0.29, 0.717) is 12.4 Å². The topological polar surface area (TPSA) is 96.2 Å². The predicted octanol–water partition coefficient (Wildman–Crippen LogP) is 1.17. The van der Waals surface area contributed by atoms with Crippen molar-refractivity contribution in [3.63, 3.8) is 0 Å². The molecule has 2 aromatic rings. The van der Waals surface area contributed by atoms with E-state index in [0.717, 1.165) is 42.0 Å². The summed E-state index contributed by atoms with van der Waals surface area (Å²) in [5.41, 5.74) is 2.66. The van der Waals surface area contributed by atoms with Gasteiger partial charge in [-0.2, -0.15) is 0 Å². The van der Waals surface area contributed by atoms with Gasteiger partial charge < -0.3 is 19.9 Å². The molecule has 1 amide bonds. The van der Waals surface area contributed by atoms with Gasteiger partial charge >= 0.3 is 0 Å². The van der Waals surface area contributed by atoms with Crippen LogP contribution in [-0.4, -0.2) is 56.3 Å². The Balaban J connectivity index is 1.92. The number of amides is 1. The van der Waals surface area contributed by atoms with Gasteiger partial charge in [-0.15, -0.1) is 0 Å². The fraction of sp³-hybridized carbons (Fsp3) is 0.579.